The lowest BCUT2D eigenvalue weighted by molar-refractivity contribution is -0.155. The van der Waals surface area contributed by atoms with Crippen molar-refractivity contribution < 1.29 is 19.7 Å². The lowest BCUT2D eigenvalue weighted by Gasteiger charge is -2.28. The lowest BCUT2D eigenvalue weighted by Crippen LogP contribution is -2.39. The predicted molar refractivity (Wildman–Crippen MR) is 48.5 cm³/mol. The fourth-order valence-electron chi connectivity index (χ4n) is 0.532. The second-order valence-corrected chi connectivity index (χ2v) is 3.80. The molecule has 0 saturated carbocycles. The van der Waals surface area contributed by atoms with Gasteiger partial charge in [0.25, 0.3) is 0 Å². The molecule has 0 amide bonds. The van der Waals surface area contributed by atoms with Crippen molar-refractivity contribution in [2.45, 2.75) is 39.4 Å². The van der Waals surface area contributed by atoms with E-state index in [1.807, 2.05) is 13.8 Å². The third kappa shape index (κ3) is 4.24. The fraction of sp³-hybridized carbons (Fsp3) is 0.889. The quantitative estimate of drug-likeness (QED) is 0.675. The van der Waals surface area contributed by atoms with Crippen LogP contribution in [0.15, 0.2) is 0 Å². The Balaban J connectivity index is 3.95. The molecule has 0 heterocycles. The highest BCUT2D eigenvalue weighted by molar-refractivity contribution is 5.71. The van der Waals surface area contributed by atoms with Crippen molar-refractivity contribution in [3.05, 3.63) is 0 Å². The minimum Gasteiger partial charge on any atom is -0.479 e. The molecule has 0 saturated heterocycles. The van der Waals surface area contributed by atoms with Gasteiger partial charge in [-0.05, 0) is 19.8 Å². The van der Waals surface area contributed by atoms with Crippen molar-refractivity contribution in [3.8, 4) is 0 Å². The average Bonchev–Trinajstić information content (AvgIpc) is 1.99. The van der Waals surface area contributed by atoms with E-state index in [9.17, 15) is 9.90 Å². The van der Waals surface area contributed by atoms with Crippen LogP contribution in [0, 0.1) is 5.92 Å². The summed E-state index contributed by atoms with van der Waals surface area (Å²) in [7, 11) is 0. The maximum atomic E-state index is 10.4. The summed E-state index contributed by atoms with van der Waals surface area (Å²) in [4.78, 5) is 10.4. The van der Waals surface area contributed by atoms with E-state index in [2.05, 4.69) is 0 Å². The number of carbonyl (C=O) groups is 1. The normalized spacial score (nSPS) is 18.3. The minimum absolute atomic E-state index is 0.0356. The van der Waals surface area contributed by atoms with Crippen molar-refractivity contribution in [1.29, 1.82) is 0 Å². The number of carboxylic acids is 1. The van der Waals surface area contributed by atoms with Crippen LogP contribution in [0.4, 0.5) is 0 Å². The zero-order valence-corrected chi connectivity index (χ0v) is 8.57. The molecular weight excluding hydrogens is 172 g/mol. The summed E-state index contributed by atoms with van der Waals surface area (Å²) in [5.41, 5.74) is -0.969. The number of aliphatic carboxylic acids is 1. The first kappa shape index (κ1) is 12.4. The van der Waals surface area contributed by atoms with Gasteiger partial charge in [0, 0.05) is 0 Å². The van der Waals surface area contributed by atoms with Crippen LogP contribution in [0.2, 0.25) is 0 Å². The average molecular weight is 190 g/mol. The van der Waals surface area contributed by atoms with Crippen molar-refractivity contribution >= 4 is 5.97 Å². The number of carboxylic acid groups (broad SMARTS) is 1. The van der Waals surface area contributed by atoms with E-state index in [4.69, 9.17) is 9.84 Å². The Hall–Kier alpha value is -0.610. The smallest absolute Gasteiger partial charge is 0.332 e. The molecule has 0 bridgehead atoms. The highest BCUT2D eigenvalue weighted by Gasteiger charge is 2.27. The Morgan fingerprint density at radius 1 is 1.46 bits per heavy atom. The minimum atomic E-state index is -1.01. The number of rotatable bonds is 5. The first-order chi connectivity index (χ1) is 5.77. The Bertz CT molecular complexity index is 174. The van der Waals surface area contributed by atoms with Crippen LogP contribution in [-0.4, -0.2) is 34.5 Å². The number of aliphatic hydroxyl groups is 1. The molecule has 0 spiro atoms. The van der Waals surface area contributed by atoms with Gasteiger partial charge in [-0.3, -0.25) is 0 Å². The molecule has 0 aliphatic heterocycles. The van der Waals surface area contributed by atoms with Gasteiger partial charge < -0.3 is 14.9 Å². The number of hydrogen-bond acceptors (Lipinski definition) is 3. The van der Waals surface area contributed by atoms with Gasteiger partial charge in [0.15, 0.2) is 6.10 Å². The first-order valence-electron chi connectivity index (χ1n) is 4.34. The molecule has 0 rings (SSSR count). The lowest BCUT2D eigenvalue weighted by atomic mass is 9.94. The van der Waals surface area contributed by atoms with Crippen LogP contribution in [0.3, 0.4) is 0 Å². The summed E-state index contributed by atoms with van der Waals surface area (Å²) in [5, 5.41) is 18.2. The molecule has 4 heteroatoms. The predicted octanol–water partition coefficient (Wildman–Crippen LogP) is 0.883. The Kier molecular flexibility index (Phi) is 4.36. The zero-order valence-electron chi connectivity index (χ0n) is 8.57. The molecule has 2 atom stereocenters. The Morgan fingerprint density at radius 3 is 2.23 bits per heavy atom. The van der Waals surface area contributed by atoms with Gasteiger partial charge in [-0.2, -0.15) is 0 Å². The van der Waals surface area contributed by atoms with E-state index < -0.39 is 17.7 Å². The summed E-state index contributed by atoms with van der Waals surface area (Å²) in [6.07, 6.45) is -0.870. The summed E-state index contributed by atoms with van der Waals surface area (Å²) in [5.74, 6) is -0.979. The molecular formula is C9H18O4. The summed E-state index contributed by atoms with van der Waals surface area (Å²) < 4.78 is 4.98. The van der Waals surface area contributed by atoms with E-state index in [0.29, 0.717) is 0 Å². The number of hydrogen-bond donors (Lipinski definition) is 2. The molecule has 4 nitrogen and oxygen atoms in total. The fourth-order valence-corrected chi connectivity index (χ4v) is 0.532. The van der Waals surface area contributed by atoms with Crippen LogP contribution in [0.25, 0.3) is 0 Å². The summed E-state index contributed by atoms with van der Waals surface area (Å²) in [6, 6.07) is 0. The Morgan fingerprint density at radius 2 is 1.92 bits per heavy atom. The molecule has 0 aromatic heterocycles. The number of ether oxygens (including phenoxy) is 1. The van der Waals surface area contributed by atoms with Gasteiger partial charge in [0.2, 0.25) is 0 Å². The molecule has 0 fully saturated rings. The van der Waals surface area contributed by atoms with Gasteiger partial charge in [-0.25, -0.2) is 4.79 Å². The Labute approximate surface area is 78.5 Å². The summed E-state index contributed by atoms with van der Waals surface area (Å²) >= 11 is 0. The van der Waals surface area contributed by atoms with Gasteiger partial charge in [-0.15, -0.1) is 0 Å². The van der Waals surface area contributed by atoms with Crippen molar-refractivity contribution in [1.82, 2.24) is 0 Å². The maximum absolute atomic E-state index is 10.4. The van der Waals surface area contributed by atoms with E-state index in [0.717, 1.165) is 0 Å². The van der Waals surface area contributed by atoms with E-state index in [1.165, 1.54) is 6.92 Å². The first-order valence-corrected chi connectivity index (χ1v) is 4.34. The van der Waals surface area contributed by atoms with Crippen LogP contribution in [0.1, 0.15) is 27.7 Å². The maximum Gasteiger partial charge on any atom is 0.332 e. The topological polar surface area (TPSA) is 66.8 Å². The molecule has 13 heavy (non-hydrogen) atoms. The molecule has 2 N–H and O–H groups in total. The van der Waals surface area contributed by atoms with E-state index in [-0.39, 0.29) is 12.5 Å². The molecule has 78 valence electrons. The van der Waals surface area contributed by atoms with E-state index >= 15 is 0 Å². The highest BCUT2D eigenvalue weighted by Crippen LogP contribution is 2.16. The van der Waals surface area contributed by atoms with Crippen LogP contribution in [0.5, 0.6) is 0 Å². The van der Waals surface area contributed by atoms with Crippen LogP contribution in [-0.2, 0) is 9.53 Å². The van der Waals surface area contributed by atoms with Crippen molar-refractivity contribution in [2.75, 3.05) is 6.61 Å². The molecule has 0 aromatic carbocycles. The second-order valence-electron chi connectivity index (χ2n) is 3.80. The molecule has 0 aliphatic carbocycles. The molecule has 2 unspecified atom stereocenters. The second kappa shape index (κ2) is 4.58. The van der Waals surface area contributed by atoms with E-state index in [1.54, 1.807) is 6.92 Å². The molecule has 0 radical (unpaired) electrons. The van der Waals surface area contributed by atoms with Crippen molar-refractivity contribution in [3.63, 3.8) is 0 Å². The largest absolute Gasteiger partial charge is 0.479 e. The monoisotopic (exact) mass is 190 g/mol. The van der Waals surface area contributed by atoms with Crippen molar-refractivity contribution in [2.24, 2.45) is 5.92 Å². The molecule has 0 aliphatic rings. The van der Waals surface area contributed by atoms with Gasteiger partial charge in [0.1, 0.15) is 0 Å². The third-order valence-corrected chi connectivity index (χ3v) is 2.22. The van der Waals surface area contributed by atoms with Crippen LogP contribution < -0.4 is 0 Å². The third-order valence-electron chi connectivity index (χ3n) is 2.22. The zero-order chi connectivity index (χ0) is 10.6. The molecule has 0 aromatic rings. The highest BCUT2D eigenvalue weighted by atomic mass is 16.5. The SMILES string of the molecule is CC(OCC(C)(O)C(C)C)C(=O)O. The summed E-state index contributed by atoms with van der Waals surface area (Å²) in [6.45, 7) is 6.83. The van der Waals surface area contributed by atoms with Gasteiger partial charge in [-0.1, -0.05) is 13.8 Å². The van der Waals surface area contributed by atoms with Crippen LogP contribution >= 0.6 is 0 Å². The van der Waals surface area contributed by atoms with Gasteiger partial charge in [0.05, 0.1) is 12.2 Å². The van der Waals surface area contributed by atoms with Gasteiger partial charge >= 0.3 is 5.97 Å². The standard InChI is InChI=1S/C9H18O4/c1-6(2)9(4,12)5-13-7(3)8(10)11/h6-7,12H,5H2,1-4H3,(H,10,11).